The topological polar surface area (TPSA) is 68.5 Å². The largest absolute Gasteiger partial charge is 0.497 e. The molecule has 0 saturated heterocycles. The SMILES string of the molecule is COc1ccc2cc(C(=O)Nc3cccc(C)c3)c(=O)oc2c1. The molecule has 0 spiro atoms. The Kier molecular flexibility index (Phi) is 3.85. The lowest BCUT2D eigenvalue weighted by Crippen LogP contribution is -2.20. The third-order valence-electron chi connectivity index (χ3n) is 3.46. The molecule has 5 heteroatoms. The van der Waals surface area contributed by atoms with Crippen molar-refractivity contribution in [1.82, 2.24) is 0 Å². The molecule has 0 aliphatic heterocycles. The summed E-state index contributed by atoms with van der Waals surface area (Å²) >= 11 is 0. The summed E-state index contributed by atoms with van der Waals surface area (Å²) in [5, 5.41) is 3.36. The fraction of sp³-hybridized carbons (Fsp3) is 0.111. The molecule has 0 radical (unpaired) electrons. The number of amides is 1. The normalized spacial score (nSPS) is 10.5. The fourth-order valence-electron chi connectivity index (χ4n) is 2.30. The first-order chi connectivity index (χ1) is 11.1. The maximum Gasteiger partial charge on any atom is 0.349 e. The fourth-order valence-corrected chi connectivity index (χ4v) is 2.30. The Hall–Kier alpha value is -3.08. The highest BCUT2D eigenvalue weighted by atomic mass is 16.5. The van der Waals surface area contributed by atoms with Crippen molar-refractivity contribution in [3.63, 3.8) is 0 Å². The Morgan fingerprint density at radius 2 is 1.96 bits per heavy atom. The Balaban J connectivity index is 1.97. The third kappa shape index (κ3) is 3.08. The average Bonchev–Trinajstić information content (AvgIpc) is 2.53. The van der Waals surface area contributed by atoms with Gasteiger partial charge in [-0.2, -0.15) is 0 Å². The van der Waals surface area contributed by atoms with Gasteiger partial charge in [-0.25, -0.2) is 4.79 Å². The minimum Gasteiger partial charge on any atom is -0.497 e. The first-order valence-corrected chi connectivity index (χ1v) is 7.07. The summed E-state index contributed by atoms with van der Waals surface area (Å²) in [6.07, 6.45) is 0. The molecular formula is C18H15NO4. The van der Waals surface area contributed by atoms with Gasteiger partial charge in [0.1, 0.15) is 16.9 Å². The van der Waals surface area contributed by atoms with E-state index in [0.29, 0.717) is 22.4 Å². The van der Waals surface area contributed by atoms with Crippen LogP contribution in [0.4, 0.5) is 5.69 Å². The van der Waals surface area contributed by atoms with E-state index in [-0.39, 0.29) is 5.56 Å². The third-order valence-corrected chi connectivity index (χ3v) is 3.46. The maximum absolute atomic E-state index is 12.3. The molecule has 1 aromatic heterocycles. The first-order valence-electron chi connectivity index (χ1n) is 7.07. The number of rotatable bonds is 3. The highest BCUT2D eigenvalue weighted by Crippen LogP contribution is 2.20. The number of carbonyl (C=O) groups is 1. The zero-order valence-corrected chi connectivity index (χ0v) is 12.8. The van der Waals surface area contributed by atoms with Crippen LogP contribution >= 0.6 is 0 Å². The van der Waals surface area contributed by atoms with Gasteiger partial charge < -0.3 is 14.5 Å². The zero-order chi connectivity index (χ0) is 16.4. The van der Waals surface area contributed by atoms with Crippen LogP contribution in [0.3, 0.4) is 0 Å². The van der Waals surface area contributed by atoms with Crippen LogP contribution in [0.25, 0.3) is 11.0 Å². The summed E-state index contributed by atoms with van der Waals surface area (Å²) in [6, 6.07) is 14.0. The van der Waals surface area contributed by atoms with Crippen molar-refractivity contribution < 1.29 is 13.9 Å². The maximum atomic E-state index is 12.3. The molecule has 3 aromatic rings. The molecule has 0 aliphatic rings. The van der Waals surface area contributed by atoms with Crippen molar-refractivity contribution in [2.75, 3.05) is 12.4 Å². The van der Waals surface area contributed by atoms with Crippen LogP contribution in [0, 0.1) is 6.92 Å². The van der Waals surface area contributed by atoms with E-state index in [1.54, 1.807) is 24.3 Å². The van der Waals surface area contributed by atoms with E-state index in [1.165, 1.54) is 13.2 Å². The van der Waals surface area contributed by atoms with Crippen molar-refractivity contribution in [3.8, 4) is 5.75 Å². The predicted octanol–water partition coefficient (Wildman–Crippen LogP) is 3.36. The van der Waals surface area contributed by atoms with Crippen molar-refractivity contribution >= 4 is 22.6 Å². The number of aryl methyl sites for hydroxylation is 1. The number of nitrogens with one attached hydrogen (secondary N) is 1. The van der Waals surface area contributed by atoms with Crippen LogP contribution in [0.15, 0.2) is 57.7 Å². The van der Waals surface area contributed by atoms with Gasteiger partial charge >= 0.3 is 5.63 Å². The standard InChI is InChI=1S/C18H15NO4/c1-11-4-3-5-13(8-11)19-17(20)15-9-12-6-7-14(22-2)10-16(12)23-18(15)21/h3-10H,1-2H3,(H,19,20). The smallest absolute Gasteiger partial charge is 0.349 e. The summed E-state index contributed by atoms with van der Waals surface area (Å²) in [4.78, 5) is 24.4. The number of fused-ring (bicyclic) bond motifs is 1. The van der Waals surface area contributed by atoms with Crippen LogP contribution < -0.4 is 15.7 Å². The second kappa shape index (κ2) is 5.96. The summed E-state index contributed by atoms with van der Waals surface area (Å²) < 4.78 is 10.3. The van der Waals surface area contributed by atoms with E-state index in [0.717, 1.165) is 5.56 Å². The molecule has 23 heavy (non-hydrogen) atoms. The van der Waals surface area contributed by atoms with Crippen molar-refractivity contribution in [2.45, 2.75) is 6.92 Å². The van der Waals surface area contributed by atoms with E-state index in [9.17, 15) is 9.59 Å². The quantitative estimate of drug-likeness (QED) is 0.753. The molecule has 0 saturated carbocycles. The number of hydrogen-bond acceptors (Lipinski definition) is 4. The number of ether oxygens (including phenoxy) is 1. The van der Waals surface area contributed by atoms with Crippen molar-refractivity contribution in [2.24, 2.45) is 0 Å². The zero-order valence-electron chi connectivity index (χ0n) is 12.8. The lowest BCUT2D eigenvalue weighted by atomic mass is 10.1. The monoisotopic (exact) mass is 309 g/mol. The van der Waals surface area contributed by atoms with Crippen LogP contribution in [0.2, 0.25) is 0 Å². The summed E-state index contributed by atoms with van der Waals surface area (Å²) in [6.45, 7) is 1.92. The molecule has 0 fully saturated rings. The van der Waals surface area contributed by atoms with E-state index in [4.69, 9.17) is 9.15 Å². The van der Waals surface area contributed by atoms with E-state index < -0.39 is 11.5 Å². The summed E-state index contributed by atoms with van der Waals surface area (Å²) in [5.74, 6) is 0.0830. The van der Waals surface area contributed by atoms with E-state index in [1.807, 2.05) is 25.1 Å². The Bertz CT molecular complexity index is 943. The number of benzene rings is 2. The number of methoxy groups -OCH3 is 1. The highest BCUT2D eigenvalue weighted by Gasteiger charge is 2.14. The molecule has 3 rings (SSSR count). The molecule has 116 valence electrons. The van der Waals surface area contributed by atoms with Gasteiger partial charge in [-0.05, 0) is 42.8 Å². The molecule has 0 aliphatic carbocycles. The molecule has 1 heterocycles. The molecular weight excluding hydrogens is 294 g/mol. The van der Waals surface area contributed by atoms with Gasteiger partial charge in [0, 0.05) is 17.1 Å². The van der Waals surface area contributed by atoms with Crippen LogP contribution in [0.5, 0.6) is 5.75 Å². The average molecular weight is 309 g/mol. The molecule has 1 amide bonds. The van der Waals surface area contributed by atoms with Gasteiger partial charge in [-0.1, -0.05) is 12.1 Å². The molecule has 0 atom stereocenters. The van der Waals surface area contributed by atoms with E-state index >= 15 is 0 Å². The van der Waals surface area contributed by atoms with Gasteiger partial charge in [0.25, 0.3) is 5.91 Å². The van der Waals surface area contributed by atoms with Crippen LogP contribution in [0.1, 0.15) is 15.9 Å². The van der Waals surface area contributed by atoms with Gasteiger partial charge in [0.15, 0.2) is 0 Å². The van der Waals surface area contributed by atoms with Gasteiger partial charge in [-0.15, -0.1) is 0 Å². The Morgan fingerprint density at radius 3 is 2.70 bits per heavy atom. The van der Waals surface area contributed by atoms with Crippen LogP contribution in [-0.2, 0) is 0 Å². The Labute approximate surface area is 132 Å². The minimum absolute atomic E-state index is 0.0378. The highest BCUT2D eigenvalue weighted by molar-refractivity contribution is 6.05. The first kappa shape index (κ1) is 14.8. The number of carbonyl (C=O) groups excluding carboxylic acids is 1. The second-order valence-corrected chi connectivity index (χ2v) is 5.17. The predicted molar refractivity (Wildman–Crippen MR) is 88.2 cm³/mol. The van der Waals surface area contributed by atoms with Crippen molar-refractivity contribution in [3.05, 3.63) is 70.1 Å². The molecule has 5 nitrogen and oxygen atoms in total. The summed E-state index contributed by atoms with van der Waals surface area (Å²) in [5.41, 5.74) is 1.30. The lowest BCUT2D eigenvalue weighted by Gasteiger charge is -2.06. The molecule has 0 bridgehead atoms. The second-order valence-electron chi connectivity index (χ2n) is 5.17. The van der Waals surface area contributed by atoms with Crippen molar-refractivity contribution in [1.29, 1.82) is 0 Å². The molecule has 0 unspecified atom stereocenters. The number of hydrogen-bond donors (Lipinski definition) is 1. The molecule has 1 N–H and O–H groups in total. The minimum atomic E-state index is -0.684. The lowest BCUT2D eigenvalue weighted by molar-refractivity contribution is 0.102. The van der Waals surface area contributed by atoms with Crippen LogP contribution in [-0.4, -0.2) is 13.0 Å². The molecule has 2 aromatic carbocycles. The van der Waals surface area contributed by atoms with Gasteiger partial charge in [0.05, 0.1) is 7.11 Å². The Morgan fingerprint density at radius 1 is 1.13 bits per heavy atom. The van der Waals surface area contributed by atoms with Gasteiger partial charge in [-0.3, -0.25) is 4.79 Å². The number of anilines is 1. The van der Waals surface area contributed by atoms with E-state index in [2.05, 4.69) is 5.32 Å². The summed E-state index contributed by atoms with van der Waals surface area (Å²) in [7, 11) is 1.53. The van der Waals surface area contributed by atoms with Gasteiger partial charge in [0.2, 0.25) is 0 Å².